The van der Waals surface area contributed by atoms with Gasteiger partial charge in [-0.25, -0.2) is 0 Å². The summed E-state index contributed by atoms with van der Waals surface area (Å²) in [5, 5.41) is 0. The van der Waals surface area contributed by atoms with Crippen molar-refractivity contribution < 1.29 is 131 Å². The van der Waals surface area contributed by atoms with Crippen molar-refractivity contribution in [1.82, 2.24) is 0 Å². The van der Waals surface area contributed by atoms with Crippen LogP contribution in [0.2, 0.25) is 0 Å². The monoisotopic (exact) mass is 1820 g/mol. The van der Waals surface area contributed by atoms with Gasteiger partial charge in [-0.05, 0) is 293 Å². The summed E-state index contributed by atoms with van der Waals surface area (Å²) in [4.78, 5) is 127. The van der Waals surface area contributed by atoms with Crippen molar-refractivity contribution in [3.05, 3.63) is 209 Å². The van der Waals surface area contributed by atoms with Gasteiger partial charge < -0.3 is 95.1 Å². The molecule has 0 amide bonds. The molecule has 0 aliphatic carbocycles. The number of allylic oxidation sites excluding steroid dienone is 28. The van der Waals surface area contributed by atoms with Crippen LogP contribution >= 0.6 is 62.6 Å². The molecule has 0 rings (SSSR count). The molecule has 4 atom stereocenters. The van der Waals surface area contributed by atoms with Crippen LogP contribution in [0.3, 0.4) is 0 Å². The maximum absolute atomic E-state index is 11.1. The van der Waals surface area contributed by atoms with Crippen molar-refractivity contribution in [3.63, 3.8) is 0 Å². The van der Waals surface area contributed by atoms with Crippen LogP contribution in [0.1, 0.15) is 293 Å². The molecule has 0 aliphatic rings. The molecule has 4 unspecified atom stereocenters. The molecule has 0 bridgehead atoms. The van der Waals surface area contributed by atoms with Crippen LogP contribution < -0.4 is 58.7 Å². The van der Waals surface area contributed by atoms with Gasteiger partial charge in [-0.1, -0.05) is 186 Å². The number of phosphoric acid groups is 8. The third-order valence-corrected chi connectivity index (χ3v) is 24.3. The molecule has 0 radical (unpaired) electrons. The van der Waals surface area contributed by atoms with Gasteiger partial charge in [-0.3, -0.25) is 35.5 Å². The summed E-state index contributed by atoms with van der Waals surface area (Å²) in [5.74, 6) is 0. The van der Waals surface area contributed by atoms with Crippen LogP contribution in [-0.2, 0) is 71.9 Å². The first kappa shape index (κ1) is 129. The van der Waals surface area contributed by atoms with Gasteiger partial charge in [0.15, 0.2) is 0 Å². The third kappa shape index (κ3) is 100. The molecule has 36 heteroatoms. The van der Waals surface area contributed by atoms with Gasteiger partial charge in [0.1, 0.15) is 0 Å². The summed E-state index contributed by atoms with van der Waals surface area (Å²) >= 11 is 0. The normalized spacial score (nSPS) is 15.5. The molecule has 28 nitrogen and oxygen atoms in total. The maximum Gasteiger partial charge on any atom is 4.00 e. The van der Waals surface area contributed by atoms with Gasteiger partial charge in [0.25, 0.3) is 31.3 Å². The standard InChI is InChI=1S/4C20H36O7P2.3C/c4*1-17(2)9-6-10-18(3)11-7-12-19(4)13-8-14-20(5)15-16-26-29(24,25)27-28(21,22)23;;;/h4*9,11,13,15H,6-8,10,12,14,16H2,1-5H3,(H,24,25)(H2,21,22,23);;;/q;;;;3*+4/p-12/b4*18-11+,19-13+,20-15+;;;. The van der Waals surface area contributed by atoms with E-state index in [1.165, 1.54) is 91.2 Å². The average Bonchev–Trinajstić information content (AvgIpc) is 0.900. The van der Waals surface area contributed by atoms with Gasteiger partial charge in [0.2, 0.25) is 0 Å². The molecule has 0 aromatic heterocycles. The smallest absolute Gasteiger partial charge is 0.790 e. The third-order valence-electron chi connectivity index (χ3n) is 16.1. The molecule has 119 heavy (non-hydrogen) atoms. The van der Waals surface area contributed by atoms with Crippen molar-refractivity contribution in [2.75, 3.05) is 26.4 Å². The van der Waals surface area contributed by atoms with Crippen LogP contribution in [-0.4, -0.2) is 26.4 Å². The van der Waals surface area contributed by atoms with Crippen LogP contribution in [0.15, 0.2) is 186 Å². The number of hydrogen-bond donors (Lipinski definition) is 0. The van der Waals surface area contributed by atoms with E-state index in [4.69, 9.17) is 0 Å². The fourth-order valence-electron chi connectivity index (χ4n) is 9.62. The Kier molecular flexibility index (Phi) is 76.9. The zero-order valence-corrected chi connectivity index (χ0v) is 80.7. The molecule has 0 heterocycles. The minimum atomic E-state index is -5.64. The maximum atomic E-state index is 11.1. The summed E-state index contributed by atoms with van der Waals surface area (Å²) in [5.41, 5.74) is 19.7. The number of phosphoric ester groups is 4. The number of rotatable bonds is 56. The van der Waals surface area contributed by atoms with E-state index in [-0.39, 0.29) is 48.7 Å². The Morgan fingerprint density at radius 1 is 0.185 bits per heavy atom. The minimum absolute atomic E-state index is 0. The largest absolute Gasteiger partial charge is 4.00 e. The van der Waals surface area contributed by atoms with E-state index < -0.39 is 62.6 Å². The van der Waals surface area contributed by atoms with Gasteiger partial charge >= 0.3 is 22.3 Å². The fourth-order valence-corrected chi connectivity index (χ4v) is 15.3. The van der Waals surface area contributed by atoms with E-state index in [1.807, 2.05) is 27.7 Å². The zero-order valence-electron chi connectivity index (χ0n) is 73.5. The van der Waals surface area contributed by atoms with Crippen molar-refractivity contribution >= 4 is 62.6 Å². The Morgan fingerprint density at radius 2 is 0.286 bits per heavy atom. The van der Waals surface area contributed by atoms with Crippen molar-refractivity contribution in [2.24, 2.45) is 0 Å². The Balaban J connectivity index is -0.000000279. The molecule has 0 saturated heterocycles. The summed E-state index contributed by atoms with van der Waals surface area (Å²) < 4.78 is 117. The second-order valence-electron chi connectivity index (χ2n) is 29.3. The van der Waals surface area contributed by atoms with Gasteiger partial charge in [-0.15, -0.1) is 0 Å². The van der Waals surface area contributed by atoms with Gasteiger partial charge in [0, 0.05) is 0 Å². The second-order valence-corrected chi connectivity index (χ2v) is 40.1. The van der Waals surface area contributed by atoms with Crippen LogP contribution in [0.5, 0.6) is 0 Å². The predicted octanol–water partition coefficient (Wildman–Crippen LogP) is 18.1. The van der Waals surface area contributed by atoms with E-state index in [1.54, 1.807) is 0 Å². The van der Waals surface area contributed by atoms with Crippen molar-refractivity contribution in [1.29, 1.82) is 0 Å². The Bertz CT molecular complexity index is 3330. The van der Waals surface area contributed by atoms with E-state index in [2.05, 4.69) is 219 Å². The van der Waals surface area contributed by atoms with E-state index in [9.17, 15) is 95.2 Å². The Hall–Kier alpha value is -3.12. The van der Waals surface area contributed by atoms with E-state index in [0.717, 1.165) is 151 Å². The first-order valence-corrected chi connectivity index (χ1v) is 50.1. The zero-order chi connectivity index (χ0) is 90.0. The quantitative estimate of drug-likeness (QED) is 0.0403. The summed E-state index contributed by atoms with van der Waals surface area (Å²) in [6, 6.07) is 0. The van der Waals surface area contributed by atoms with Crippen LogP contribution in [0.4, 0.5) is 0 Å². The molecule has 0 aliphatic heterocycles. The number of hydrogen-bond acceptors (Lipinski definition) is 28. The first-order chi connectivity index (χ1) is 53.2. The van der Waals surface area contributed by atoms with Crippen LogP contribution in [0.25, 0.3) is 0 Å². The molecule has 0 aromatic rings. The first-order valence-electron chi connectivity index (χ1n) is 38.4. The SMILES string of the molecule is CC(C)=CCC/C(C)=C/CC/C(C)=C/CC/C(C)=C/COP(=O)([O-])OP(=O)([O-])[O-].CC(C)=CCC/C(C)=C/CC/C(C)=C/CC/C(C)=C/COP(=O)([O-])OP(=O)([O-])[O-].CC(C)=CCC/C(C)=C/CC/C(C)=C/CC/C(C)=C/COP(=O)([O-])OP(=O)([O-])[O-].CC(C)=CCC/C(C)=C/CC/C(C)=C/CC/C(C)=C/COP(=O)([O-])OP(=O)([O-])[O-].[C+4].[C+4].[C+4]. The molecule has 0 saturated carbocycles. The second kappa shape index (κ2) is 71.0. The van der Waals surface area contributed by atoms with Gasteiger partial charge in [-0.2, -0.15) is 0 Å². The fraction of sp³-hybridized carbons (Fsp3) is 0.578. The summed E-state index contributed by atoms with van der Waals surface area (Å²) in [6.07, 6.45) is 55.5. The molecule has 0 spiro atoms. The van der Waals surface area contributed by atoms with Crippen molar-refractivity contribution in [3.8, 4) is 0 Å². The summed E-state index contributed by atoms with van der Waals surface area (Å²) in [7, 11) is -43.2. The Labute approximate surface area is 717 Å². The molecule has 0 aromatic carbocycles. The minimum Gasteiger partial charge on any atom is -0.790 e. The molecular weight excluding hydrogens is 1690 g/mol. The van der Waals surface area contributed by atoms with E-state index >= 15 is 0 Å². The van der Waals surface area contributed by atoms with E-state index in [0.29, 0.717) is 25.7 Å². The molecule has 0 N–H and O–H groups in total. The van der Waals surface area contributed by atoms with Crippen molar-refractivity contribution in [2.45, 2.75) is 293 Å². The predicted molar refractivity (Wildman–Crippen MR) is 452 cm³/mol. The Morgan fingerprint density at radius 3 is 0.387 bits per heavy atom. The topological polar surface area (TPSA) is 487 Å². The molecule has 0 fully saturated rings. The van der Waals surface area contributed by atoms with Crippen LogP contribution in [0, 0.1) is 22.3 Å². The molecular formula is C83H132O28P8. The van der Waals surface area contributed by atoms with Gasteiger partial charge in [0.05, 0.1) is 57.7 Å². The molecule has 672 valence electrons. The average molecular weight is 1830 g/mol. The summed E-state index contributed by atoms with van der Waals surface area (Å²) in [6.45, 7) is 39.6.